The minimum Gasteiger partial charge on any atom is -0.408 e. The topological polar surface area (TPSA) is 102 Å². The van der Waals surface area contributed by atoms with E-state index in [1.54, 1.807) is 0 Å². The summed E-state index contributed by atoms with van der Waals surface area (Å²) in [6.45, 7) is 2.88. The lowest BCUT2D eigenvalue weighted by molar-refractivity contribution is 0.0857. The minimum atomic E-state index is -3.76. The van der Waals surface area contributed by atoms with Crippen molar-refractivity contribution in [2.75, 3.05) is 6.54 Å². The SMILES string of the molecule is Cn1c(=O)oc2ccc(S(=O)(=O)NCC(C)(C)O)cc21. The van der Waals surface area contributed by atoms with Gasteiger partial charge in [0.1, 0.15) is 0 Å². The third kappa shape index (κ3) is 2.92. The number of sulfonamides is 1. The van der Waals surface area contributed by atoms with Crippen molar-refractivity contribution < 1.29 is 17.9 Å². The average molecular weight is 300 g/mol. The second-order valence-corrected chi connectivity index (χ2v) is 6.96. The number of aryl methyl sites for hydroxylation is 1. The first kappa shape index (κ1) is 14.8. The maximum absolute atomic E-state index is 12.1. The Balaban J connectivity index is 2.42. The molecule has 20 heavy (non-hydrogen) atoms. The molecule has 0 aliphatic heterocycles. The maximum atomic E-state index is 12.1. The zero-order chi connectivity index (χ0) is 15.1. The summed E-state index contributed by atoms with van der Waals surface area (Å²) in [4.78, 5) is 11.4. The molecule has 0 radical (unpaired) electrons. The monoisotopic (exact) mass is 300 g/mol. The van der Waals surface area contributed by atoms with E-state index >= 15 is 0 Å². The number of hydrogen-bond acceptors (Lipinski definition) is 5. The van der Waals surface area contributed by atoms with Crippen molar-refractivity contribution in [2.24, 2.45) is 7.05 Å². The maximum Gasteiger partial charge on any atom is 0.419 e. The molecule has 0 aliphatic rings. The lowest BCUT2D eigenvalue weighted by Gasteiger charge is -2.17. The van der Waals surface area contributed by atoms with Crippen LogP contribution >= 0.6 is 0 Å². The Hall–Kier alpha value is -1.64. The standard InChI is InChI=1S/C12H16N2O5S/c1-12(2,16)7-13-20(17,18)8-4-5-10-9(6-8)14(3)11(15)19-10/h4-6,13,16H,7H2,1-3H3. The number of aliphatic hydroxyl groups is 1. The van der Waals surface area contributed by atoms with Crippen molar-refractivity contribution in [1.82, 2.24) is 9.29 Å². The highest BCUT2D eigenvalue weighted by atomic mass is 32.2. The van der Waals surface area contributed by atoms with E-state index in [2.05, 4.69) is 4.72 Å². The number of rotatable bonds is 4. The fourth-order valence-electron chi connectivity index (χ4n) is 1.63. The van der Waals surface area contributed by atoms with Crippen molar-refractivity contribution in [3.8, 4) is 0 Å². The van der Waals surface area contributed by atoms with Gasteiger partial charge in [0.05, 0.1) is 16.0 Å². The molecule has 0 saturated carbocycles. The summed E-state index contributed by atoms with van der Waals surface area (Å²) in [5, 5.41) is 9.56. The lowest BCUT2D eigenvalue weighted by atomic mass is 10.1. The number of hydrogen-bond donors (Lipinski definition) is 2. The molecule has 0 saturated heterocycles. The number of nitrogens with one attached hydrogen (secondary N) is 1. The van der Waals surface area contributed by atoms with Crippen LogP contribution in [0.15, 0.2) is 32.3 Å². The molecule has 1 aromatic carbocycles. The molecule has 1 aromatic heterocycles. The summed E-state index contributed by atoms with van der Waals surface area (Å²) in [6, 6.07) is 4.13. The molecular formula is C12H16N2O5S. The van der Waals surface area contributed by atoms with Gasteiger partial charge in [-0.3, -0.25) is 4.57 Å². The van der Waals surface area contributed by atoms with E-state index in [0.717, 1.165) is 0 Å². The first-order valence-electron chi connectivity index (χ1n) is 5.92. The highest BCUT2D eigenvalue weighted by molar-refractivity contribution is 7.89. The van der Waals surface area contributed by atoms with Crippen LogP contribution in [0.25, 0.3) is 11.1 Å². The Morgan fingerprint density at radius 3 is 2.65 bits per heavy atom. The van der Waals surface area contributed by atoms with Crippen LogP contribution in [0, 0.1) is 0 Å². The van der Waals surface area contributed by atoms with Crippen LogP contribution < -0.4 is 10.5 Å². The lowest BCUT2D eigenvalue weighted by Crippen LogP contribution is -2.38. The van der Waals surface area contributed by atoms with Crippen LogP contribution in [0.3, 0.4) is 0 Å². The van der Waals surface area contributed by atoms with Crippen LogP contribution in [-0.2, 0) is 17.1 Å². The molecule has 0 unspecified atom stereocenters. The molecule has 0 amide bonds. The normalized spacial score (nSPS) is 13.0. The highest BCUT2D eigenvalue weighted by Crippen LogP contribution is 2.18. The van der Waals surface area contributed by atoms with E-state index in [0.29, 0.717) is 11.1 Å². The summed E-state index contributed by atoms with van der Waals surface area (Å²) in [5.74, 6) is -0.556. The number of fused-ring (bicyclic) bond motifs is 1. The van der Waals surface area contributed by atoms with E-state index in [1.807, 2.05) is 0 Å². The summed E-state index contributed by atoms with van der Waals surface area (Å²) in [7, 11) is -2.26. The Labute approximate surface area is 115 Å². The number of nitrogens with zero attached hydrogens (tertiary/aromatic N) is 1. The summed E-state index contributed by atoms with van der Waals surface area (Å²) >= 11 is 0. The molecule has 2 aromatic rings. The molecular weight excluding hydrogens is 284 g/mol. The molecule has 1 heterocycles. The molecule has 7 nitrogen and oxygen atoms in total. The molecule has 8 heteroatoms. The number of oxazole rings is 1. The fraction of sp³-hybridized carbons (Fsp3) is 0.417. The van der Waals surface area contributed by atoms with E-state index in [-0.39, 0.29) is 11.4 Å². The van der Waals surface area contributed by atoms with E-state index in [4.69, 9.17) is 4.42 Å². The zero-order valence-corrected chi connectivity index (χ0v) is 12.2. The molecule has 0 bridgehead atoms. The molecule has 110 valence electrons. The van der Waals surface area contributed by atoms with Gasteiger partial charge in [-0.2, -0.15) is 0 Å². The largest absolute Gasteiger partial charge is 0.419 e. The Morgan fingerprint density at radius 2 is 2.05 bits per heavy atom. The minimum absolute atomic E-state index is 0.00523. The van der Waals surface area contributed by atoms with Gasteiger partial charge in [0.2, 0.25) is 10.0 Å². The van der Waals surface area contributed by atoms with Gasteiger partial charge in [0, 0.05) is 13.6 Å². The predicted molar refractivity (Wildman–Crippen MR) is 72.9 cm³/mol. The van der Waals surface area contributed by atoms with Gasteiger partial charge in [-0.1, -0.05) is 0 Å². The van der Waals surface area contributed by atoms with Crippen molar-refractivity contribution in [1.29, 1.82) is 0 Å². The quantitative estimate of drug-likeness (QED) is 0.838. The van der Waals surface area contributed by atoms with Gasteiger partial charge < -0.3 is 9.52 Å². The third-order valence-electron chi connectivity index (χ3n) is 2.77. The predicted octanol–water partition coefficient (Wildman–Crippen LogP) is 0.181. The van der Waals surface area contributed by atoms with Crippen LogP contribution in [0.2, 0.25) is 0 Å². The zero-order valence-electron chi connectivity index (χ0n) is 11.4. The molecule has 0 aliphatic carbocycles. The van der Waals surface area contributed by atoms with Gasteiger partial charge in [0.25, 0.3) is 0 Å². The van der Waals surface area contributed by atoms with Crippen LogP contribution in [0.1, 0.15) is 13.8 Å². The first-order valence-corrected chi connectivity index (χ1v) is 7.40. The van der Waals surface area contributed by atoms with Crippen molar-refractivity contribution in [2.45, 2.75) is 24.3 Å². The second-order valence-electron chi connectivity index (χ2n) is 5.19. The van der Waals surface area contributed by atoms with Gasteiger partial charge in [-0.15, -0.1) is 0 Å². The third-order valence-corrected chi connectivity index (χ3v) is 4.17. The van der Waals surface area contributed by atoms with Crippen LogP contribution in [0.4, 0.5) is 0 Å². The van der Waals surface area contributed by atoms with Gasteiger partial charge in [0.15, 0.2) is 5.58 Å². The molecule has 0 spiro atoms. The summed E-state index contributed by atoms with van der Waals surface area (Å²) in [6.07, 6.45) is 0. The number of aromatic nitrogens is 1. The van der Waals surface area contributed by atoms with Crippen LogP contribution in [0.5, 0.6) is 0 Å². The van der Waals surface area contributed by atoms with E-state index in [9.17, 15) is 18.3 Å². The smallest absolute Gasteiger partial charge is 0.408 e. The summed E-state index contributed by atoms with van der Waals surface area (Å²) < 4.78 is 32.7. The molecule has 2 N–H and O–H groups in total. The van der Waals surface area contributed by atoms with Crippen molar-refractivity contribution >= 4 is 21.1 Å². The Morgan fingerprint density at radius 1 is 1.40 bits per heavy atom. The fourth-order valence-corrected chi connectivity index (χ4v) is 2.85. The number of benzene rings is 1. The molecule has 0 atom stereocenters. The van der Waals surface area contributed by atoms with Gasteiger partial charge >= 0.3 is 5.76 Å². The molecule has 2 rings (SSSR count). The van der Waals surface area contributed by atoms with Crippen molar-refractivity contribution in [3.05, 3.63) is 28.7 Å². The second kappa shape index (κ2) is 4.72. The van der Waals surface area contributed by atoms with Gasteiger partial charge in [-0.25, -0.2) is 17.9 Å². The highest BCUT2D eigenvalue weighted by Gasteiger charge is 2.20. The van der Waals surface area contributed by atoms with Gasteiger partial charge in [-0.05, 0) is 32.0 Å². The Kier molecular flexibility index (Phi) is 3.49. The summed E-state index contributed by atoms with van der Waals surface area (Å²) in [5.41, 5.74) is -0.445. The Bertz CT molecular complexity index is 795. The molecule has 0 fully saturated rings. The van der Waals surface area contributed by atoms with E-state index < -0.39 is 21.4 Å². The van der Waals surface area contributed by atoms with E-state index in [1.165, 1.54) is 43.7 Å². The first-order chi connectivity index (χ1) is 9.10. The van der Waals surface area contributed by atoms with Crippen LogP contribution in [-0.4, -0.2) is 30.2 Å². The van der Waals surface area contributed by atoms with Crippen molar-refractivity contribution in [3.63, 3.8) is 0 Å². The average Bonchev–Trinajstić information content (AvgIpc) is 2.62.